The Kier molecular flexibility index (Phi) is 6.16. The summed E-state index contributed by atoms with van der Waals surface area (Å²) in [5.41, 5.74) is 0. The fraction of sp³-hybridized carbons (Fsp3) is 0.769. The van der Waals surface area contributed by atoms with Crippen LogP contribution < -0.4 is 10.1 Å². The molecule has 7 heteroatoms. The Labute approximate surface area is 129 Å². The second kappa shape index (κ2) is 7.88. The van der Waals surface area contributed by atoms with Crippen LogP contribution in [0.3, 0.4) is 0 Å². The number of hydrogen-bond donors (Lipinski definition) is 1. The standard InChI is InChI=1S/C13H21ClN4OS/c1-3-8-19-13-17-11(14)16-12(18-13)15-9-4-6-10(20-2)7-5-9/h9-10H,3-8H2,1-2H3,(H,15,16,17,18). The van der Waals surface area contributed by atoms with Gasteiger partial charge in [-0.3, -0.25) is 0 Å². The van der Waals surface area contributed by atoms with Gasteiger partial charge in [0.2, 0.25) is 11.2 Å². The quantitative estimate of drug-likeness (QED) is 0.868. The monoisotopic (exact) mass is 316 g/mol. The Bertz CT molecular complexity index is 427. The topological polar surface area (TPSA) is 59.9 Å². The summed E-state index contributed by atoms with van der Waals surface area (Å²) in [6, 6.07) is 0.711. The third-order valence-electron chi connectivity index (χ3n) is 3.36. The van der Waals surface area contributed by atoms with Crippen LogP contribution in [0.4, 0.5) is 5.95 Å². The lowest BCUT2D eigenvalue weighted by Crippen LogP contribution is -2.28. The van der Waals surface area contributed by atoms with E-state index in [9.17, 15) is 0 Å². The van der Waals surface area contributed by atoms with Gasteiger partial charge in [-0.15, -0.1) is 0 Å². The molecule has 0 amide bonds. The molecule has 2 rings (SSSR count). The zero-order valence-electron chi connectivity index (χ0n) is 11.9. The summed E-state index contributed by atoms with van der Waals surface area (Å²) < 4.78 is 5.41. The van der Waals surface area contributed by atoms with Crippen LogP contribution in [0.5, 0.6) is 6.01 Å². The van der Waals surface area contributed by atoms with Crippen LogP contribution in [0.25, 0.3) is 0 Å². The summed E-state index contributed by atoms with van der Waals surface area (Å²) in [5.74, 6) is 0.517. The highest BCUT2D eigenvalue weighted by Gasteiger charge is 2.21. The first-order valence-electron chi connectivity index (χ1n) is 7.05. The van der Waals surface area contributed by atoms with Gasteiger partial charge >= 0.3 is 6.01 Å². The Morgan fingerprint density at radius 1 is 1.25 bits per heavy atom. The first-order chi connectivity index (χ1) is 9.71. The number of rotatable bonds is 6. The van der Waals surface area contributed by atoms with E-state index in [-0.39, 0.29) is 5.28 Å². The van der Waals surface area contributed by atoms with Crippen molar-refractivity contribution in [3.8, 4) is 6.01 Å². The van der Waals surface area contributed by atoms with Crippen LogP contribution in [0.2, 0.25) is 5.28 Å². The third kappa shape index (κ3) is 4.66. The van der Waals surface area contributed by atoms with Crippen LogP contribution >= 0.6 is 23.4 Å². The second-order valence-corrected chi connectivity index (χ2v) is 6.39. The molecule has 1 N–H and O–H groups in total. The van der Waals surface area contributed by atoms with Gasteiger partial charge in [0, 0.05) is 11.3 Å². The summed E-state index contributed by atoms with van der Waals surface area (Å²) in [5, 5.41) is 4.31. The van der Waals surface area contributed by atoms with Gasteiger partial charge < -0.3 is 10.1 Å². The predicted molar refractivity (Wildman–Crippen MR) is 83.8 cm³/mol. The highest BCUT2D eigenvalue weighted by Crippen LogP contribution is 2.28. The Hall–Kier alpha value is -0.750. The largest absolute Gasteiger partial charge is 0.463 e. The highest BCUT2D eigenvalue weighted by atomic mass is 35.5. The van der Waals surface area contributed by atoms with E-state index in [1.54, 1.807) is 0 Å². The maximum atomic E-state index is 5.91. The van der Waals surface area contributed by atoms with Crippen molar-refractivity contribution in [2.75, 3.05) is 18.2 Å². The summed E-state index contributed by atoms with van der Waals surface area (Å²) in [7, 11) is 0. The van der Waals surface area contributed by atoms with E-state index in [1.165, 1.54) is 12.8 Å². The van der Waals surface area contributed by atoms with Gasteiger partial charge in [-0.1, -0.05) is 6.92 Å². The molecule has 1 saturated carbocycles. The van der Waals surface area contributed by atoms with Gasteiger partial charge in [-0.2, -0.15) is 26.7 Å². The van der Waals surface area contributed by atoms with E-state index in [4.69, 9.17) is 16.3 Å². The van der Waals surface area contributed by atoms with Crippen molar-refractivity contribution in [1.82, 2.24) is 15.0 Å². The lowest BCUT2D eigenvalue weighted by Gasteiger charge is -2.27. The average molecular weight is 317 g/mol. The van der Waals surface area contributed by atoms with Gasteiger partial charge in [0.05, 0.1) is 6.61 Å². The van der Waals surface area contributed by atoms with E-state index in [2.05, 4.69) is 26.5 Å². The van der Waals surface area contributed by atoms with E-state index in [0.29, 0.717) is 24.6 Å². The van der Waals surface area contributed by atoms with Gasteiger partial charge in [0.15, 0.2) is 0 Å². The SMILES string of the molecule is CCCOc1nc(Cl)nc(NC2CCC(SC)CC2)n1. The minimum absolute atomic E-state index is 0.173. The van der Waals surface area contributed by atoms with Gasteiger partial charge in [-0.25, -0.2) is 0 Å². The molecule has 0 unspecified atom stereocenters. The lowest BCUT2D eigenvalue weighted by atomic mass is 9.95. The molecule has 1 heterocycles. The van der Waals surface area contributed by atoms with Crippen molar-refractivity contribution in [2.45, 2.75) is 50.3 Å². The molecule has 5 nitrogen and oxygen atoms in total. The zero-order chi connectivity index (χ0) is 14.4. The van der Waals surface area contributed by atoms with Crippen LogP contribution in [-0.4, -0.2) is 39.1 Å². The number of hydrogen-bond acceptors (Lipinski definition) is 6. The Morgan fingerprint density at radius 2 is 2.00 bits per heavy atom. The van der Waals surface area contributed by atoms with E-state index < -0.39 is 0 Å². The second-order valence-electron chi connectivity index (χ2n) is 4.91. The summed E-state index contributed by atoms with van der Waals surface area (Å²) in [4.78, 5) is 12.3. The molecule has 0 radical (unpaired) electrons. The highest BCUT2D eigenvalue weighted by molar-refractivity contribution is 7.99. The van der Waals surface area contributed by atoms with E-state index in [0.717, 1.165) is 24.5 Å². The smallest absolute Gasteiger partial charge is 0.322 e. The first kappa shape index (κ1) is 15.6. The molecule has 0 saturated heterocycles. The molecule has 1 aromatic rings. The normalized spacial score (nSPS) is 22.6. The van der Waals surface area contributed by atoms with Crippen LogP contribution in [-0.2, 0) is 0 Å². The number of nitrogens with one attached hydrogen (secondary N) is 1. The van der Waals surface area contributed by atoms with Crippen LogP contribution in [0, 0.1) is 0 Å². The third-order valence-corrected chi connectivity index (χ3v) is 4.67. The number of nitrogens with zero attached hydrogens (tertiary/aromatic N) is 3. The average Bonchev–Trinajstić information content (AvgIpc) is 2.45. The van der Waals surface area contributed by atoms with Crippen molar-refractivity contribution < 1.29 is 4.74 Å². The molecule has 0 aromatic carbocycles. The molecule has 0 aliphatic heterocycles. The van der Waals surface area contributed by atoms with E-state index in [1.807, 2.05) is 18.7 Å². The Balaban J connectivity index is 1.93. The summed E-state index contributed by atoms with van der Waals surface area (Å²) in [6.45, 7) is 2.62. The fourth-order valence-corrected chi connectivity index (χ4v) is 3.18. The minimum atomic E-state index is 0.173. The molecule has 0 spiro atoms. The molecule has 1 fully saturated rings. The van der Waals surface area contributed by atoms with Gasteiger partial charge in [0.1, 0.15) is 0 Å². The molecular weight excluding hydrogens is 296 g/mol. The molecule has 1 aliphatic carbocycles. The zero-order valence-corrected chi connectivity index (χ0v) is 13.5. The number of halogens is 1. The van der Waals surface area contributed by atoms with Crippen molar-refractivity contribution in [2.24, 2.45) is 0 Å². The number of aromatic nitrogens is 3. The van der Waals surface area contributed by atoms with Crippen molar-refractivity contribution in [3.05, 3.63) is 5.28 Å². The Morgan fingerprint density at radius 3 is 2.65 bits per heavy atom. The number of thioether (sulfide) groups is 1. The summed E-state index contributed by atoms with van der Waals surface area (Å²) >= 11 is 7.86. The van der Waals surface area contributed by atoms with E-state index >= 15 is 0 Å². The summed E-state index contributed by atoms with van der Waals surface area (Å²) in [6.07, 6.45) is 7.83. The molecule has 112 valence electrons. The molecule has 1 aromatic heterocycles. The number of ether oxygens (including phenoxy) is 1. The van der Waals surface area contributed by atoms with Gasteiger partial charge in [0.25, 0.3) is 0 Å². The molecular formula is C13H21ClN4OS. The van der Waals surface area contributed by atoms with Crippen LogP contribution in [0.15, 0.2) is 0 Å². The van der Waals surface area contributed by atoms with Gasteiger partial charge in [-0.05, 0) is 50.0 Å². The predicted octanol–water partition coefficient (Wildman–Crippen LogP) is 3.40. The lowest BCUT2D eigenvalue weighted by molar-refractivity contribution is 0.291. The molecule has 1 aliphatic rings. The number of anilines is 1. The fourth-order valence-electron chi connectivity index (χ4n) is 2.28. The van der Waals surface area contributed by atoms with Crippen LogP contribution in [0.1, 0.15) is 39.0 Å². The molecule has 0 bridgehead atoms. The van der Waals surface area contributed by atoms with Crippen molar-refractivity contribution in [1.29, 1.82) is 0 Å². The maximum Gasteiger partial charge on any atom is 0.322 e. The minimum Gasteiger partial charge on any atom is -0.463 e. The molecule has 20 heavy (non-hydrogen) atoms. The molecule has 0 atom stereocenters. The maximum absolute atomic E-state index is 5.91. The van der Waals surface area contributed by atoms with Crippen molar-refractivity contribution in [3.63, 3.8) is 0 Å². The van der Waals surface area contributed by atoms with Crippen molar-refractivity contribution >= 4 is 29.3 Å². The first-order valence-corrected chi connectivity index (χ1v) is 8.71.